The zero-order valence-electron chi connectivity index (χ0n) is 16.2. The molecule has 146 valence electrons. The van der Waals surface area contributed by atoms with Gasteiger partial charge in [-0.25, -0.2) is 0 Å². The molecule has 3 aromatic rings. The number of pyridine rings is 1. The van der Waals surface area contributed by atoms with Crippen LogP contribution in [0, 0.1) is 18.3 Å². The fourth-order valence-corrected chi connectivity index (χ4v) is 3.86. The number of aromatic nitrogens is 1. The van der Waals surface area contributed by atoms with Gasteiger partial charge in [0.1, 0.15) is 0 Å². The Hall–Kier alpha value is -2.94. The SMILES string of the molecule is Cc1nc2ccc(Cl)cc2cc1C(=O)N1CCN(Cc2ccc(C#N)cc2)CC1. The molecule has 2 heterocycles. The van der Waals surface area contributed by atoms with Crippen molar-refractivity contribution in [2.45, 2.75) is 13.5 Å². The molecular weight excluding hydrogens is 384 g/mol. The number of piperazine rings is 1. The predicted octanol–water partition coefficient (Wildman–Crippen LogP) is 4.03. The fraction of sp³-hybridized carbons (Fsp3) is 0.261. The zero-order chi connectivity index (χ0) is 20.4. The van der Waals surface area contributed by atoms with Gasteiger partial charge in [-0.3, -0.25) is 14.7 Å². The van der Waals surface area contributed by atoms with Crippen LogP contribution in [0.5, 0.6) is 0 Å². The number of rotatable bonds is 3. The summed E-state index contributed by atoms with van der Waals surface area (Å²) in [5.41, 5.74) is 4.07. The first-order valence-corrected chi connectivity index (χ1v) is 9.99. The standard InChI is InChI=1S/C23H21ClN4O/c1-16-21(13-19-12-20(24)6-7-22(19)26-16)23(29)28-10-8-27(9-11-28)15-18-4-2-17(14-25)3-5-18/h2-7,12-13H,8-11,15H2,1H3. The van der Waals surface area contributed by atoms with Crippen molar-refractivity contribution < 1.29 is 4.79 Å². The molecule has 0 unspecified atom stereocenters. The van der Waals surface area contributed by atoms with Crippen LogP contribution in [0.2, 0.25) is 5.02 Å². The van der Waals surface area contributed by atoms with Gasteiger partial charge in [-0.2, -0.15) is 5.26 Å². The maximum atomic E-state index is 13.1. The molecule has 0 N–H and O–H groups in total. The van der Waals surface area contributed by atoms with Crippen LogP contribution in [0.4, 0.5) is 0 Å². The molecule has 6 heteroatoms. The van der Waals surface area contributed by atoms with Gasteiger partial charge in [0.25, 0.3) is 5.91 Å². The summed E-state index contributed by atoms with van der Waals surface area (Å²) in [6.07, 6.45) is 0. The Morgan fingerprint density at radius 2 is 1.83 bits per heavy atom. The van der Waals surface area contributed by atoms with Crippen molar-refractivity contribution in [2.24, 2.45) is 0 Å². The number of carbonyl (C=O) groups is 1. The molecule has 0 saturated carbocycles. The molecule has 1 saturated heterocycles. The molecule has 0 aliphatic carbocycles. The number of nitrogens with zero attached hydrogens (tertiary/aromatic N) is 4. The second kappa shape index (κ2) is 8.20. The van der Waals surface area contributed by atoms with Crippen LogP contribution in [-0.2, 0) is 6.54 Å². The number of carbonyl (C=O) groups excluding carboxylic acids is 1. The number of hydrogen-bond acceptors (Lipinski definition) is 4. The van der Waals surface area contributed by atoms with Crippen molar-refractivity contribution in [3.8, 4) is 6.07 Å². The van der Waals surface area contributed by atoms with Gasteiger partial charge in [-0.1, -0.05) is 23.7 Å². The summed E-state index contributed by atoms with van der Waals surface area (Å²) in [6.45, 7) is 5.70. The number of hydrogen-bond donors (Lipinski definition) is 0. The number of halogens is 1. The Morgan fingerprint density at radius 1 is 1.10 bits per heavy atom. The first-order valence-electron chi connectivity index (χ1n) is 9.61. The van der Waals surface area contributed by atoms with Crippen LogP contribution >= 0.6 is 11.6 Å². The summed E-state index contributed by atoms with van der Waals surface area (Å²) < 4.78 is 0. The monoisotopic (exact) mass is 404 g/mol. The molecule has 29 heavy (non-hydrogen) atoms. The number of amides is 1. The smallest absolute Gasteiger partial charge is 0.255 e. The van der Waals surface area contributed by atoms with E-state index in [2.05, 4.69) is 16.0 Å². The molecule has 0 atom stereocenters. The van der Waals surface area contributed by atoms with Crippen LogP contribution in [-0.4, -0.2) is 46.9 Å². The van der Waals surface area contributed by atoms with Gasteiger partial charge in [-0.15, -0.1) is 0 Å². The Morgan fingerprint density at radius 3 is 2.52 bits per heavy atom. The highest BCUT2D eigenvalue weighted by molar-refractivity contribution is 6.31. The van der Waals surface area contributed by atoms with E-state index in [0.29, 0.717) is 29.2 Å². The number of fused-ring (bicyclic) bond motifs is 1. The lowest BCUT2D eigenvalue weighted by Crippen LogP contribution is -2.48. The molecule has 2 aromatic carbocycles. The summed E-state index contributed by atoms with van der Waals surface area (Å²) in [7, 11) is 0. The first-order chi connectivity index (χ1) is 14.0. The third-order valence-corrected chi connectivity index (χ3v) is 5.58. The van der Waals surface area contributed by atoms with Crippen LogP contribution in [0.3, 0.4) is 0 Å². The van der Waals surface area contributed by atoms with E-state index in [-0.39, 0.29) is 5.91 Å². The Bertz CT molecular complexity index is 1100. The first kappa shape index (κ1) is 19.4. The lowest BCUT2D eigenvalue weighted by molar-refractivity contribution is 0.0627. The van der Waals surface area contributed by atoms with Crippen molar-refractivity contribution in [3.63, 3.8) is 0 Å². The van der Waals surface area contributed by atoms with Gasteiger partial charge in [0, 0.05) is 43.1 Å². The van der Waals surface area contributed by atoms with Crippen LogP contribution in [0.25, 0.3) is 10.9 Å². The second-order valence-electron chi connectivity index (χ2n) is 7.34. The Labute approximate surface area is 175 Å². The molecule has 1 aliphatic rings. The van der Waals surface area contributed by atoms with E-state index < -0.39 is 0 Å². The summed E-state index contributed by atoms with van der Waals surface area (Å²) >= 11 is 6.09. The molecular formula is C23H21ClN4O. The Kier molecular flexibility index (Phi) is 5.48. The minimum absolute atomic E-state index is 0.0231. The van der Waals surface area contributed by atoms with E-state index in [4.69, 9.17) is 16.9 Å². The van der Waals surface area contributed by atoms with Crippen LogP contribution < -0.4 is 0 Å². The van der Waals surface area contributed by atoms with Crippen molar-refractivity contribution in [3.05, 3.63) is 75.9 Å². The maximum absolute atomic E-state index is 13.1. The number of aryl methyl sites for hydroxylation is 1. The molecule has 0 radical (unpaired) electrons. The van der Waals surface area contributed by atoms with Crippen molar-refractivity contribution in [1.29, 1.82) is 5.26 Å². The highest BCUT2D eigenvalue weighted by Gasteiger charge is 2.24. The van der Waals surface area contributed by atoms with E-state index in [0.717, 1.165) is 36.2 Å². The third-order valence-electron chi connectivity index (χ3n) is 5.35. The normalized spacial score (nSPS) is 14.7. The molecule has 0 spiro atoms. The molecule has 1 fully saturated rings. The number of benzene rings is 2. The van der Waals surface area contributed by atoms with E-state index in [9.17, 15) is 4.79 Å². The van der Waals surface area contributed by atoms with E-state index >= 15 is 0 Å². The van der Waals surface area contributed by atoms with Gasteiger partial charge >= 0.3 is 0 Å². The van der Waals surface area contributed by atoms with E-state index in [1.165, 1.54) is 5.56 Å². The Balaban J connectivity index is 1.43. The topological polar surface area (TPSA) is 60.2 Å². The highest BCUT2D eigenvalue weighted by atomic mass is 35.5. The molecule has 4 rings (SSSR count). The second-order valence-corrected chi connectivity index (χ2v) is 7.77. The lowest BCUT2D eigenvalue weighted by Gasteiger charge is -2.35. The molecule has 1 aromatic heterocycles. The zero-order valence-corrected chi connectivity index (χ0v) is 17.0. The molecule has 0 bridgehead atoms. The average Bonchev–Trinajstić information content (AvgIpc) is 2.74. The van der Waals surface area contributed by atoms with E-state index in [1.807, 2.05) is 60.4 Å². The molecule has 1 aliphatic heterocycles. The molecule has 1 amide bonds. The van der Waals surface area contributed by atoms with Gasteiger partial charge in [-0.05, 0) is 48.9 Å². The summed E-state index contributed by atoms with van der Waals surface area (Å²) in [5, 5.41) is 10.4. The quantitative estimate of drug-likeness (QED) is 0.661. The van der Waals surface area contributed by atoms with Gasteiger partial charge in [0.2, 0.25) is 0 Å². The average molecular weight is 405 g/mol. The van der Waals surface area contributed by atoms with Crippen molar-refractivity contribution in [1.82, 2.24) is 14.8 Å². The number of nitriles is 1. The van der Waals surface area contributed by atoms with Crippen LogP contribution in [0.1, 0.15) is 27.2 Å². The van der Waals surface area contributed by atoms with Crippen molar-refractivity contribution in [2.75, 3.05) is 26.2 Å². The van der Waals surface area contributed by atoms with Gasteiger partial charge in [0.15, 0.2) is 0 Å². The third kappa shape index (κ3) is 4.24. The maximum Gasteiger partial charge on any atom is 0.255 e. The van der Waals surface area contributed by atoms with Gasteiger partial charge in [0.05, 0.1) is 28.4 Å². The minimum atomic E-state index is 0.0231. The minimum Gasteiger partial charge on any atom is -0.336 e. The summed E-state index contributed by atoms with van der Waals surface area (Å²) in [4.78, 5) is 21.9. The van der Waals surface area contributed by atoms with Gasteiger partial charge < -0.3 is 4.90 Å². The fourth-order valence-electron chi connectivity index (χ4n) is 3.68. The lowest BCUT2D eigenvalue weighted by atomic mass is 10.1. The van der Waals surface area contributed by atoms with Crippen molar-refractivity contribution >= 4 is 28.4 Å². The predicted molar refractivity (Wildman–Crippen MR) is 114 cm³/mol. The summed E-state index contributed by atoms with van der Waals surface area (Å²) in [6, 6.07) is 17.2. The molecule has 5 nitrogen and oxygen atoms in total. The van der Waals surface area contributed by atoms with E-state index in [1.54, 1.807) is 0 Å². The van der Waals surface area contributed by atoms with Crippen LogP contribution in [0.15, 0.2) is 48.5 Å². The summed E-state index contributed by atoms with van der Waals surface area (Å²) in [5.74, 6) is 0.0231. The highest BCUT2D eigenvalue weighted by Crippen LogP contribution is 2.22. The largest absolute Gasteiger partial charge is 0.336 e.